The highest BCUT2D eigenvalue weighted by Crippen LogP contribution is 2.38. The fourth-order valence-electron chi connectivity index (χ4n) is 2.27. The second-order valence-electron chi connectivity index (χ2n) is 5.07. The Hall–Kier alpha value is -2.03. The van der Waals surface area contributed by atoms with Crippen molar-refractivity contribution in [1.82, 2.24) is 5.32 Å². The molecule has 3 N–H and O–H groups in total. The van der Waals surface area contributed by atoms with Gasteiger partial charge in [-0.3, -0.25) is 4.79 Å². The first kappa shape index (κ1) is 15.9. The van der Waals surface area contributed by atoms with Crippen molar-refractivity contribution in [2.24, 2.45) is 0 Å². The summed E-state index contributed by atoms with van der Waals surface area (Å²) in [6.45, 7) is 1.81. The molecule has 124 valence electrons. The number of hydrogen-bond donors (Lipinski definition) is 3. The highest BCUT2D eigenvalue weighted by molar-refractivity contribution is 6.33. The third kappa shape index (κ3) is 4.04. The number of hydrogen-bond acceptors (Lipinski definition) is 5. The van der Waals surface area contributed by atoms with Gasteiger partial charge in [-0.25, -0.2) is 4.79 Å². The van der Waals surface area contributed by atoms with Gasteiger partial charge in [-0.05, 0) is 12.1 Å². The highest BCUT2D eigenvalue weighted by Gasteiger charge is 2.20. The standard InChI is InChI=1S/C14H16ClN3O5/c15-10-3-8(4-11-13(10)23-7-12(19)18-11)17-14(20)16-5-9-6-21-1-2-22-9/h3-4,9H,1-2,5-7H2,(H,18,19)(H2,16,17,20). The van der Waals surface area contributed by atoms with Crippen LogP contribution in [0.4, 0.5) is 16.2 Å². The zero-order chi connectivity index (χ0) is 16.2. The molecule has 1 atom stereocenters. The first-order chi connectivity index (χ1) is 11.1. The van der Waals surface area contributed by atoms with Crippen molar-refractivity contribution in [2.75, 3.05) is 43.6 Å². The lowest BCUT2D eigenvalue weighted by Crippen LogP contribution is -2.41. The number of ether oxygens (including phenoxy) is 3. The van der Waals surface area contributed by atoms with Crippen molar-refractivity contribution < 1.29 is 23.8 Å². The second kappa shape index (κ2) is 7.03. The van der Waals surface area contributed by atoms with Gasteiger partial charge in [0.25, 0.3) is 5.91 Å². The number of anilines is 2. The molecule has 1 aromatic carbocycles. The van der Waals surface area contributed by atoms with Gasteiger partial charge >= 0.3 is 6.03 Å². The maximum absolute atomic E-state index is 11.9. The van der Waals surface area contributed by atoms with Gasteiger partial charge in [0.05, 0.1) is 36.6 Å². The van der Waals surface area contributed by atoms with Crippen molar-refractivity contribution in [3.63, 3.8) is 0 Å². The van der Waals surface area contributed by atoms with Crippen molar-refractivity contribution in [3.8, 4) is 5.75 Å². The molecule has 0 aromatic heterocycles. The van der Waals surface area contributed by atoms with E-state index in [0.29, 0.717) is 48.5 Å². The smallest absolute Gasteiger partial charge is 0.319 e. The Bertz CT molecular complexity index is 619. The summed E-state index contributed by atoms with van der Waals surface area (Å²) in [6, 6.07) is 2.73. The van der Waals surface area contributed by atoms with E-state index in [0.717, 1.165) is 0 Å². The first-order valence-electron chi connectivity index (χ1n) is 7.12. The van der Waals surface area contributed by atoms with E-state index in [1.165, 1.54) is 0 Å². The Morgan fingerprint density at radius 1 is 1.39 bits per heavy atom. The number of fused-ring (bicyclic) bond motifs is 1. The summed E-state index contributed by atoms with van der Waals surface area (Å²) in [5, 5.41) is 8.29. The Labute approximate surface area is 137 Å². The maximum atomic E-state index is 11.9. The first-order valence-corrected chi connectivity index (χ1v) is 7.50. The van der Waals surface area contributed by atoms with Gasteiger partial charge in [-0.1, -0.05) is 11.6 Å². The van der Waals surface area contributed by atoms with E-state index in [9.17, 15) is 9.59 Å². The van der Waals surface area contributed by atoms with E-state index < -0.39 is 6.03 Å². The molecular weight excluding hydrogens is 326 g/mol. The van der Waals surface area contributed by atoms with Crippen LogP contribution in [0, 0.1) is 0 Å². The van der Waals surface area contributed by atoms with Crippen LogP contribution in [-0.4, -0.2) is 51.0 Å². The van der Waals surface area contributed by atoms with E-state index in [1.807, 2.05) is 0 Å². The molecule has 1 aromatic rings. The molecule has 2 heterocycles. The molecule has 0 spiro atoms. The topological polar surface area (TPSA) is 97.9 Å². The van der Waals surface area contributed by atoms with Gasteiger partial charge in [0.1, 0.15) is 0 Å². The number of nitrogens with one attached hydrogen (secondary N) is 3. The van der Waals surface area contributed by atoms with E-state index in [4.69, 9.17) is 25.8 Å². The van der Waals surface area contributed by atoms with Crippen LogP contribution >= 0.6 is 11.6 Å². The zero-order valence-electron chi connectivity index (χ0n) is 12.2. The van der Waals surface area contributed by atoms with Gasteiger partial charge in [-0.15, -0.1) is 0 Å². The van der Waals surface area contributed by atoms with Gasteiger partial charge < -0.3 is 30.2 Å². The fourth-order valence-corrected chi connectivity index (χ4v) is 2.54. The third-order valence-corrected chi connectivity index (χ3v) is 3.58. The number of amides is 3. The minimum Gasteiger partial charge on any atom is -0.480 e. The average Bonchev–Trinajstić information content (AvgIpc) is 2.53. The van der Waals surface area contributed by atoms with Gasteiger partial charge in [-0.2, -0.15) is 0 Å². The van der Waals surface area contributed by atoms with Crippen LogP contribution in [-0.2, 0) is 14.3 Å². The second-order valence-corrected chi connectivity index (χ2v) is 5.48. The number of halogens is 1. The summed E-state index contributed by atoms with van der Waals surface area (Å²) in [5.41, 5.74) is 0.867. The minimum atomic E-state index is -0.404. The average molecular weight is 342 g/mol. The lowest BCUT2D eigenvalue weighted by atomic mass is 10.2. The molecule has 9 heteroatoms. The Morgan fingerprint density at radius 3 is 3.04 bits per heavy atom. The van der Waals surface area contributed by atoms with Gasteiger partial charge in [0, 0.05) is 12.2 Å². The molecule has 23 heavy (non-hydrogen) atoms. The number of rotatable bonds is 3. The lowest BCUT2D eigenvalue weighted by molar-refractivity contribution is -0.118. The summed E-state index contributed by atoms with van der Waals surface area (Å²) in [4.78, 5) is 23.3. The predicted molar refractivity (Wildman–Crippen MR) is 83.2 cm³/mol. The van der Waals surface area contributed by atoms with Gasteiger partial charge in [0.2, 0.25) is 0 Å². The molecule has 3 rings (SSSR count). The number of benzene rings is 1. The van der Waals surface area contributed by atoms with Crippen LogP contribution in [0.3, 0.4) is 0 Å². The fraction of sp³-hybridized carbons (Fsp3) is 0.429. The van der Waals surface area contributed by atoms with E-state index in [-0.39, 0.29) is 18.6 Å². The van der Waals surface area contributed by atoms with Crippen LogP contribution in [0.15, 0.2) is 12.1 Å². The van der Waals surface area contributed by atoms with Crippen molar-refractivity contribution in [3.05, 3.63) is 17.2 Å². The van der Waals surface area contributed by atoms with Crippen LogP contribution in [0.2, 0.25) is 5.02 Å². The number of carbonyl (C=O) groups excluding carboxylic acids is 2. The Balaban J connectivity index is 1.58. The number of carbonyl (C=O) groups is 2. The zero-order valence-corrected chi connectivity index (χ0v) is 12.9. The van der Waals surface area contributed by atoms with E-state index >= 15 is 0 Å². The van der Waals surface area contributed by atoms with Crippen LogP contribution in [0.1, 0.15) is 0 Å². The SMILES string of the molecule is O=C1COc2c(Cl)cc(NC(=O)NCC3COCCO3)cc2N1. The third-order valence-electron chi connectivity index (χ3n) is 3.30. The van der Waals surface area contributed by atoms with Crippen LogP contribution in [0.5, 0.6) is 5.75 Å². The maximum Gasteiger partial charge on any atom is 0.319 e. The summed E-state index contributed by atoms with van der Waals surface area (Å²) >= 11 is 6.09. The van der Waals surface area contributed by atoms with Crippen LogP contribution < -0.4 is 20.7 Å². The van der Waals surface area contributed by atoms with E-state index in [2.05, 4.69) is 16.0 Å². The number of urea groups is 1. The summed E-state index contributed by atoms with van der Waals surface area (Å²) in [7, 11) is 0. The summed E-state index contributed by atoms with van der Waals surface area (Å²) in [6.07, 6.45) is -0.158. The molecule has 0 saturated carbocycles. The van der Waals surface area contributed by atoms with E-state index in [1.54, 1.807) is 12.1 Å². The molecular formula is C14H16ClN3O5. The quantitative estimate of drug-likeness (QED) is 0.767. The molecule has 8 nitrogen and oxygen atoms in total. The largest absolute Gasteiger partial charge is 0.480 e. The normalized spacial score (nSPS) is 20.0. The molecule has 3 amide bonds. The molecule has 1 fully saturated rings. The Morgan fingerprint density at radius 2 is 2.26 bits per heavy atom. The van der Waals surface area contributed by atoms with Crippen LogP contribution in [0.25, 0.3) is 0 Å². The molecule has 1 unspecified atom stereocenters. The predicted octanol–water partition coefficient (Wildman–Crippen LogP) is 1.21. The van der Waals surface area contributed by atoms with Gasteiger partial charge in [0.15, 0.2) is 12.4 Å². The van der Waals surface area contributed by atoms with Crippen molar-refractivity contribution in [2.45, 2.75) is 6.10 Å². The minimum absolute atomic E-state index is 0.0799. The molecule has 2 aliphatic heterocycles. The van der Waals surface area contributed by atoms with Crippen molar-refractivity contribution >= 4 is 34.9 Å². The lowest BCUT2D eigenvalue weighted by Gasteiger charge is -2.23. The van der Waals surface area contributed by atoms with Crippen molar-refractivity contribution in [1.29, 1.82) is 0 Å². The molecule has 0 aliphatic carbocycles. The summed E-state index contributed by atoms with van der Waals surface area (Å²) in [5.74, 6) is 0.120. The molecule has 0 bridgehead atoms. The summed E-state index contributed by atoms with van der Waals surface area (Å²) < 4.78 is 15.9. The Kier molecular flexibility index (Phi) is 4.85. The highest BCUT2D eigenvalue weighted by atomic mass is 35.5. The molecule has 2 aliphatic rings. The monoisotopic (exact) mass is 341 g/mol. The molecule has 1 saturated heterocycles. The molecule has 0 radical (unpaired) electrons.